The van der Waals surface area contributed by atoms with E-state index in [4.69, 9.17) is 4.74 Å². The summed E-state index contributed by atoms with van der Waals surface area (Å²) in [4.78, 5) is 28.0. The molecule has 10 heteroatoms. The molecule has 1 atom stereocenters. The molecule has 3 aromatic carbocycles. The number of para-hydroxylation sites is 1. The van der Waals surface area contributed by atoms with E-state index in [2.05, 4.69) is 5.32 Å². The van der Waals surface area contributed by atoms with Gasteiger partial charge in [-0.1, -0.05) is 43.7 Å². The highest BCUT2D eigenvalue weighted by Gasteiger charge is 2.32. The van der Waals surface area contributed by atoms with Crippen LogP contribution in [0.4, 0.5) is 10.1 Å². The van der Waals surface area contributed by atoms with Crippen LogP contribution in [0.15, 0.2) is 83.8 Å². The van der Waals surface area contributed by atoms with Crippen LogP contribution in [0.2, 0.25) is 0 Å². The smallest absolute Gasteiger partial charge is 0.264 e. The number of rotatable bonds is 13. The molecule has 3 rings (SSSR count). The molecule has 0 fully saturated rings. The van der Waals surface area contributed by atoms with E-state index in [1.54, 1.807) is 68.6 Å². The molecule has 1 N–H and O–H groups in total. The lowest BCUT2D eigenvalue weighted by atomic mass is 10.1. The molecule has 0 saturated heterocycles. The number of sulfonamides is 1. The second-order valence-corrected chi connectivity index (χ2v) is 10.9. The van der Waals surface area contributed by atoms with Crippen molar-refractivity contribution in [1.29, 1.82) is 0 Å². The number of hydrogen-bond donors (Lipinski definition) is 1. The zero-order chi connectivity index (χ0) is 28.4. The van der Waals surface area contributed by atoms with Crippen molar-refractivity contribution >= 4 is 27.5 Å². The molecule has 2 amide bonds. The molecule has 0 spiro atoms. The van der Waals surface area contributed by atoms with E-state index < -0.39 is 34.3 Å². The Morgan fingerprint density at radius 1 is 0.974 bits per heavy atom. The fourth-order valence-electron chi connectivity index (χ4n) is 3.90. The number of hydrogen-bond acceptors (Lipinski definition) is 5. The minimum Gasteiger partial charge on any atom is -0.497 e. The summed E-state index contributed by atoms with van der Waals surface area (Å²) in [6.07, 6.45) is 1.69. The summed E-state index contributed by atoms with van der Waals surface area (Å²) in [6, 6.07) is 18.8. The SMILES string of the molecule is CCCCNC(=O)[C@@H](C)N(Cc1ccc(OC)cc1)C(=O)CN(c1ccccc1)S(=O)(=O)c1ccc(F)cc1. The molecular weight excluding hydrogens is 521 g/mol. The normalized spacial score (nSPS) is 11.9. The average molecular weight is 556 g/mol. The standard InChI is InChI=1S/C29H34FN3O5S/c1-4-5-19-31-29(35)22(2)32(20-23-11-15-26(38-3)16-12-23)28(34)21-33(25-9-7-6-8-10-25)39(36,37)27-17-13-24(30)14-18-27/h6-18,22H,4-5,19-21H2,1-3H3,(H,31,35)/t22-/m1/s1. The number of methoxy groups -OCH3 is 1. The minimum atomic E-state index is -4.24. The molecule has 8 nitrogen and oxygen atoms in total. The van der Waals surface area contributed by atoms with Crippen molar-refractivity contribution < 1.29 is 27.1 Å². The van der Waals surface area contributed by atoms with Crippen LogP contribution in [-0.2, 0) is 26.2 Å². The van der Waals surface area contributed by atoms with E-state index in [0.29, 0.717) is 12.3 Å². The predicted molar refractivity (Wildman–Crippen MR) is 148 cm³/mol. The van der Waals surface area contributed by atoms with Crippen molar-refractivity contribution in [2.24, 2.45) is 0 Å². The van der Waals surface area contributed by atoms with E-state index >= 15 is 0 Å². The topological polar surface area (TPSA) is 96.0 Å². The van der Waals surface area contributed by atoms with E-state index in [9.17, 15) is 22.4 Å². The Morgan fingerprint density at radius 2 is 1.62 bits per heavy atom. The van der Waals surface area contributed by atoms with Crippen molar-refractivity contribution in [2.45, 2.75) is 44.2 Å². The van der Waals surface area contributed by atoms with Crippen molar-refractivity contribution in [2.75, 3.05) is 24.5 Å². The third kappa shape index (κ3) is 7.79. The maximum Gasteiger partial charge on any atom is 0.264 e. The van der Waals surface area contributed by atoms with Gasteiger partial charge in [-0.3, -0.25) is 13.9 Å². The molecule has 0 heterocycles. The van der Waals surface area contributed by atoms with Gasteiger partial charge in [0.2, 0.25) is 11.8 Å². The average Bonchev–Trinajstić information content (AvgIpc) is 2.95. The molecule has 0 bridgehead atoms. The van der Waals surface area contributed by atoms with Crippen LogP contribution < -0.4 is 14.4 Å². The lowest BCUT2D eigenvalue weighted by molar-refractivity contribution is -0.139. The van der Waals surface area contributed by atoms with Crippen LogP contribution in [-0.4, -0.2) is 51.4 Å². The van der Waals surface area contributed by atoms with Crippen LogP contribution in [0, 0.1) is 5.82 Å². The highest BCUT2D eigenvalue weighted by Crippen LogP contribution is 2.25. The second-order valence-electron chi connectivity index (χ2n) is 8.99. The Morgan fingerprint density at radius 3 is 2.21 bits per heavy atom. The summed E-state index contributed by atoms with van der Waals surface area (Å²) in [5.41, 5.74) is 1.00. The van der Waals surface area contributed by atoms with Crippen molar-refractivity contribution in [3.63, 3.8) is 0 Å². The molecule has 0 unspecified atom stereocenters. The van der Waals surface area contributed by atoms with Crippen molar-refractivity contribution in [3.05, 3.63) is 90.2 Å². The second kappa shape index (κ2) is 13.7. The number of nitrogens with zero attached hydrogens (tertiary/aromatic N) is 2. The molecule has 0 aliphatic rings. The van der Waals surface area contributed by atoms with Gasteiger partial charge in [0.25, 0.3) is 10.0 Å². The van der Waals surface area contributed by atoms with Crippen LogP contribution in [0.25, 0.3) is 0 Å². The third-order valence-electron chi connectivity index (χ3n) is 6.23. The third-order valence-corrected chi connectivity index (χ3v) is 8.02. The number of benzene rings is 3. The monoisotopic (exact) mass is 555 g/mol. The Balaban J connectivity index is 1.96. The number of carbonyl (C=O) groups excluding carboxylic acids is 2. The first-order valence-electron chi connectivity index (χ1n) is 12.7. The molecule has 0 aliphatic heterocycles. The van der Waals surface area contributed by atoms with Crippen LogP contribution in [0.3, 0.4) is 0 Å². The summed E-state index contributed by atoms with van der Waals surface area (Å²) in [6.45, 7) is 3.61. The van der Waals surface area contributed by atoms with E-state index in [-0.39, 0.29) is 23.0 Å². The minimum absolute atomic E-state index is 0.0738. The van der Waals surface area contributed by atoms with E-state index in [0.717, 1.165) is 47.0 Å². The van der Waals surface area contributed by atoms with Gasteiger partial charge in [-0.25, -0.2) is 12.8 Å². The van der Waals surface area contributed by atoms with Gasteiger partial charge in [-0.15, -0.1) is 0 Å². The number of anilines is 1. The van der Waals surface area contributed by atoms with Gasteiger partial charge in [-0.2, -0.15) is 0 Å². The predicted octanol–water partition coefficient (Wildman–Crippen LogP) is 4.36. The summed E-state index contributed by atoms with van der Waals surface area (Å²) in [7, 11) is -2.69. The van der Waals surface area contributed by atoms with Crippen LogP contribution >= 0.6 is 0 Å². The fourth-order valence-corrected chi connectivity index (χ4v) is 5.32. The van der Waals surface area contributed by atoms with Gasteiger partial charge < -0.3 is 15.0 Å². The highest BCUT2D eigenvalue weighted by molar-refractivity contribution is 7.92. The van der Waals surface area contributed by atoms with Crippen LogP contribution in [0.1, 0.15) is 32.3 Å². The van der Waals surface area contributed by atoms with Gasteiger partial charge in [0.15, 0.2) is 0 Å². The summed E-state index contributed by atoms with van der Waals surface area (Å²) < 4.78 is 47.0. The number of carbonyl (C=O) groups is 2. The van der Waals surface area contributed by atoms with Gasteiger partial charge in [0.1, 0.15) is 24.2 Å². The molecule has 0 radical (unpaired) electrons. The molecule has 3 aromatic rings. The Bertz CT molecular complexity index is 1330. The van der Waals surface area contributed by atoms with Gasteiger partial charge >= 0.3 is 0 Å². The van der Waals surface area contributed by atoms with E-state index in [1.807, 2.05) is 6.92 Å². The van der Waals surface area contributed by atoms with Crippen LogP contribution in [0.5, 0.6) is 5.75 Å². The number of amides is 2. The molecule has 208 valence electrons. The fraction of sp³-hybridized carbons (Fsp3) is 0.310. The highest BCUT2D eigenvalue weighted by atomic mass is 32.2. The van der Waals surface area contributed by atoms with Gasteiger partial charge in [-0.05, 0) is 67.4 Å². The maximum atomic E-state index is 13.8. The lowest BCUT2D eigenvalue weighted by Gasteiger charge is -2.32. The van der Waals surface area contributed by atoms with Gasteiger partial charge in [0, 0.05) is 13.1 Å². The quantitative estimate of drug-likeness (QED) is 0.316. The Labute approximate surface area is 229 Å². The van der Waals surface area contributed by atoms with Crippen molar-refractivity contribution in [3.8, 4) is 5.75 Å². The summed E-state index contributed by atoms with van der Waals surface area (Å²) in [5.74, 6) is -0.844. The molecular formula is C29H34FN3O5S. The Kier molecular flexibility index (Phi) is 10.4. The maximum absolute atomic E-state index is 13.8. The molecule has 39 heavy (non-hydrogen) atoms. The molecule has 0 aromatic heterocycles. The molecule has 0 aliphatic carbocycles. The first-order chi connectivity index (χ1) is 18.7. The summed E-state index contributed by atoms with van der Waals surface area (Å²) in [5, 5.41) is 2.85. The summed E-state index contributed by atoms with van der Waals surface area (Å²) >= 11 is 0. The lowest BCUT2D eigenvalue weighted by Crippen LogP contribution is -2.51. The number of unbranched alkanes of at least 4 members (excludes halogenated alkanes) is 1. The number of halogens is 1. The zero-order valence-electron chi connectivity index (χ0n) is 22.3. The zero-order valence-corrected chi connectivity index (χ0v) is 23.2. The van der Waals surface area contributed by atoms with Crippen molar-refractivity contribution in [1.82, 2.24) is 10.2 Å². The number of ether oxygens (including phenoxy) is 1. The Hall–Kier alpha value is -3.92. The largest absolute Gasteiger partial charge is 0.497 e. The first kappa shape index (κ1) is 29.6. The van der Waals surface area contributed by atoms with E-state index in [1.165, 1.54) is 4.90 Å². The number of nitrogens with one attached hydrogen (secondary N) is 1. The first-order valence-corrected chi connectivity index (χ1v) is 14.1. The molecule has 0 saturated carbocycles. The van der Waals surface area contributed by atoms with Gasteiger partial charge in [0.05, 0.1) is 17.7 Å².